The lowest BCUT2D eigenvalue weighted by molar-refractivity contribution is 0.170. The second kappa shape index (κ2) is 7.03. The molecule has 2 aromatic rings. The Bertz CT molecular complexity index is 531. The van der Waals surface area contributed by atoms with Crippen LogP contribution in [0.15, 0.2) is 48.8 Å². The van der Waals surface area contributed by atoms with Crippen molar-refractivity contribution in [3.05, 3.63) is 59.9 Å². The molecule has 106 valence electrons. The number of pyridine rings is 1. The fourth-order valence-electron chi connectivity index (χ4n) is 2.01. The largest absolute Gasteiger partial charge is 0.497 e. The number of nitrogens with zero attached hydrogens (tertiary/aromatic N) is 1. The molecule has 0 saturated carbocycles. The van der Waals surface area contributed by atoms with Crippen molar-refractivity contribution in [1.29, 1.82) is 0 Å². The number of ether oxygens (including phenoxy) is 1. The number of aromatic nitrogens is 1. The number of rotatable bonds is 6. The molecule has 4 heteroatoms. The summed E-state index contributed by atoms with van der Waals surface area (Å²) in [6.07, 6.45) is 2.82. The third-order valence-corrected chi connectivity index (χ3v) is 3.28. The van der Waals surface area contributed by atoms with Gasteiger partial charge >= 0.3 is 0 Å². The van der Waals surface area contributed by atoms with Crippen LogP contribution < -0.4 is 10.1 Å². The normalized spacial score (nSPS) is 13.8. The summed E-state index contributed by atoms with van der Waals surface area (Å²) in [5, 5.41) is 13.4. The van der Waals surface area contributed by atoms with Crippen molar-refractivity contribution in [1.82, 2.24) is 10.3 Å². The van der Waals surface area contributed by atoms with Crippen LogP contribution in [0.3, 0.4) is 0 Å². The van der Waals surface area contributed by atoms with E-state index in [-0.39, 0.29) is 6.04 Å². The molecule has 20 heavy (non-hydrogen) atoms. The highest BCUT2D eigenvalue weighted by Crippen LogP contribution is 2.19. The molecule has 2 rings (SSSR count). The van der Waals surface area contributed by atoms with Crippen LogP contribution in [-0.2, 0) is 0 Å². The van der Waals surface area contributed by atoms with Gasteiger partial charge in [0.05, 0.1) is 13.2 Å². The minimum absolute atomic E-state index is 0.136. The molecular formula is C16H20N2O2. The second-order valence-corrected chi connectivity index (χ2v) is 4.71. The first-order valence-corrected chi connectivity index (χ1v) is 6.66. The van der Waals surface area contributed by atoms with E-state index < -0.39 is 6.10 Å². The van der Waals surface area contributed by atoms with Gasteiger partial charge in [-0.25, -0.2) is 0 Å². The lowest BCUT2D eigenvalue weighted by Crippen LogP contribution is -2.24. The maximum Gasteiger partial charge on any atom is 0.119 e. The van der Waals surface area contributed by atoms with Crippen molar-refractivity contribution in [3.8, 4) is 5.75 Å². The number of aliphatic hydroxyl groups is 1. The standard InChI is InChI=1S/C16H20N2O2/c1-12(13-5-3-7-15(9-13)20-2)18-11-16(19)14-6-4-8-17-10-14/h3-10,12,16,18-19H,11H2,1-2H3/t12-,16+/m1/s1. The maximum atomic E-state index is 10.1. The van der Waals surface area contributed by atoms with Crippen molar-refractivity contribution in [3.63, 3.8) is 0 Å². The first-order chi connectivity index (χ1) is 9.70. The SMILES string of the molecule is COc1cccc([C@@H](C)NC[C@H](O)c2cccnc2)c1. The summed E-state index contributed by atoms with van der Waals surface area (Å²) in [6, 6.07) is 11.7. The van der Waals surface area contributed by atoms with Crippen molar-refractivity contribution >= 4 is 0 Å². The van der Waals surface area contributed by atoms with Crippen LogP contribution in [0.4, 0.5) is 0 Å². The minimum atomic E-state index is -0.559. The highest BCUT2D eigenvalue weighted by molar-refractivity contribution is 5.30. The molecule has 0 amide bonds. The van der Waals surface area contributed by atoms with Crippen LogP contribution in [0, 0.1) is 0 Å². The molecule has 0 spiro atoms. The summed E-state index contributed by atoms with van der Waals surface area (Å²) >= 11 is 0. The molecule has 1 heterocycles. The molecule has 0 aliphatic rings. The molecule has 0 bridgehead atoms. The predicted octanol–water partition coefficient (Wildman–Crippen LogP) is 2.47. The monoisotopic (exact) mass is 272 g/mol. The van der Waals surface area contributed by atoms with Gasteiger partial charge in [-0.1, -0.05) is 18.2 Å². The molecular weight excluding hydrogens is 252 g/mol. The molecule has 0 fully saturated rings. The Morgan fingerprint density at radius 3 is 2.75 bits per heavy atom. The van der Waals surface area contributed by atoms with E-state index in [1.54, 1.807) is 19.5 Å². The molecule has 4 nitrogen and oxygen atoms in total. The van der Waals surface area contributed by atoms with Crippen molar-refractivity contribution in [2.24, 2.45) is 0 Å². The van der Waals surface area contributed by atoms with Crippen LogP contribution in [0.25, 0.3) is 0 Å². The number of hydrogen-bond donors (Lipinski definition) is 2. The van der Waals surface area contributed by atoms with E-state index in [0.717, 1.165) is 16.9 Å². The van der Waals surface area contributed by atoms with Gasteiger partial charge in [0.15, 0.2) is 0 Å². The summed E-state index contributed by atoms with van der Waals surface area (Å²) in [5.74, 6) is 0.837. The zero-order valence-electron chi connectivity index (χ0n) is 11.8. The molecule has 1 aromatic heterocycles. The summed E-state index contributed by atoms with van der Waals surface area (Å²) in [5.41, 5.74) is 1.94. The number of benzene rings is 1. The molecule has 0 unspecified atom stereocenters. The summed E-state index contributed by atoms with van der Waals surface area (Å²) in [4.78, 5) is 4.01. The van der Waals surface area contributed by atoms with Gasteiger partial charge < -0.3 is 15.2 Å². The molecule has 2 N–H and O–H groups in total. The van der Waals surface area contributed by atoms with Crippen molar-refractivity contribution in [2.75, 3.05) is 13.7 Å². The third-order valence-electron chi connectivity index (χ3n) is 3.28. The number of aliphatic hydroxyl groups excluding tert-OH is 1. The Kier molecular flexibility index (Phi) is 5.09. The Morgan fingerprint density at radius 2 is 2.05 bits per heavy atom. The third kappa shape index (κ3) is 3.79. The highest BCUT2D eigenvalue weighted by Gasteiger charge is 2.11. The maximum absolute atomic E-state index is 10.1. The zero-order valence-corrected chi connectivity index (χ0v) is 11.8. The summed E-state index contributed by atoms with van der Waals surface area (Å²) < 4.78 is 5.21. The molecule has 2 atom stereocenters. The number of hydrogen-bond acceptors (Lipinski definition) is 4. The van der Waals surface area contributed by atoms with Crippen LogP contribution in [-0.4, -0.2) is 23.7 Å². The minimum Gasteiger partial charge on any atom is -0.497 e. The van der Waals surface area contributed by atoms with Gasteiger partial charge in [0.1, 0.15) is 5.75 Å². The van der Waals surface area contributed by atoms with Crippen LogP contribution in [0.1, 0.15) is 30.2 Å². The predicted molar refractivity (Wildman–Crippen MR) is 78.6 cm³/mol. The van der Waals surface area contributed by atoms with Gasteiger partial charge in [-0.15, -0.1) is 0 Å². The van der Waals surface area contributed by atoms with Crippen LogP contribution in [0.5, 0.6) is 5.75 Å². The van der Waals surface area contributed by atoms with Gasteiger partial charge in [0.2, 0.25) is 0 Å². The second-order valence-electron chi connectivity index (χ2n) is 4.71. The van der Waals surface area contributed by atoms with E-state index in [1.165, 1.54) is 0 Å². The Morgan fingerprint density at radius 1 is 1.25 bits per heavy atom. The topological polar surface area (TPSA) is 54.4 Å². The van der Waals surface area contributed by atoms with E-state index >= 15 is 0 Å². The molecule has 0 saturated heterocycles. The van der Waals surface area contributed by atoms with E-state index in [9.17, 15) is 5.11 Å². The van der Waals surface area contributed by atoms with Gasteiger partial charge in [0.25, 0.3) is 0 Å². The molecule has 0 radical (unpaired) electrons. The molecule has 0 aliphatic heterocycles. The average molecular weight is 272 g/mol. The lowest BCUT2D eigenvalue weighted by Gasteiger charge is -2.18. The summed E-state index contributed by atoms with van der Waals surface area (Å²) in [6.45, 7) is 2.54. The Labute approximate surface area is 119 Å². The number of methoxy groups -OCH3 is 1. The van der Waals surface area contributed by atoms with E-state index in [1.807, 2.05) is 36.4 Å². The van der Waals surface area contributed by atoms with Crippen molar-refractivity contribution in [2.45, 2.75) is 19.1 Å². The van der Waals surface area contributed by atoms with Crippen LogP contribution >= 0.6 is 0 Å². The van der Waals surface area contributed by atoms with Gasteiger partial charge in [0, 0.05) is 30.5 Å². The molecule has 1 aromatic carbocycles. The van der Waals surface area contributed by atoms with Gasteiger partial charge in [-0.2, -0.15) is 0 Å². The lowest BCUT2D eigenvalue weighted by atomic mass is 10.1. The zero-order chi connectivity index (χ0) is 14.4. The van der Waals surface area contributed by atoms with Crippen molar-refractivity contribution < 1.29 is 9.84 Å². The smallest absolute Gasteiger partial charge is 0.119 e. The first-order valence-electron chi connectivity index (χ1n) is 6.66. The quantitative estimate of drug-likeness (QED) is 0.848. The van der Waals surface area contributed by atoms with Gasteiger partial charge in [-0.3, -0.25) is 4.98 Å². The first kappa shape index (κ1) is 14.5. The van der Waals surface area contributed by atoms with E-state index in [4.69, 9.17) is 4.74 Å². The van der Waals surface area contributed by atoms with E-state index in [2.05, 4.69) is 17.2 Å². The highest BCUT2D eigenvalue weighted by atomic mass is 16.5. The van der Waals surface area contributed by atoms with Crippen LogP contribution in [0.2, 0.25) is 0 Å². The molecule has 0 aliphatic carbocycles. The summed E-state index contributed by atoms with van der Waals surface area (Å²) in [7, 11) is 1.66. The average Bonchev–Trinajstić information content (AvgIpc) is 2.53. The fourth-order valence-corrected chi connectivity index (χ4v) is 2.01. The van der Waals surface area contributed by atoms with Gasteiger partial charge in [-0.05, 0) is 30.7 Å². The van der Waals surface area contributed by atoms with E-state index in [0.29, 0.717) is 6.54 Å². The Balaban J connectivity index is 1.93. The Hall–Kier alpha value is -1.91. The fraction of sp³-hybridized carbons (Fsp3) is 0.312. The number of nitrogens with one attached hydrogen (secondary N) is 1.